The number of benzene rings is 1. The molecule has 0 saturated carbocycles. The first-order valence-corrected chi connectivity index (χ1v) is 5.93. The Morgan fingerprint density at radius 2 is 2.36 bits per heavy atom. The Labute approximate surface area is 93.5 Å². The summed E-state index contributed by atoms with van der Waals surface area (Å²) in [5.41, 5.74) is 2.66. The topological polar surface area (TPSA) is 0 Å². The predicted octanol–water partition coefficient (Wildman–Crippen LogP) is 3.94. The third kappa shape index (κ3) is 1.98. The second-order valence-corrected chi connectivity index (χ2v) is 4.01. The molecule has 1 aliphatic carbocycles. The van der Waals surface area contributed by atoms with Crippen LogP contribution in [0.2, 0.25) is 0 Å². The van der Waals surface area contributed by atoms with E-state index in [1.165, 1.54) is 11.1 Å². The quantitative estimate of drug-likeness (QED) is 0.561. The van der Waals surface area contributed by atoms with Crippen LogP contribution < -0.4 is 0 Å². The molecule has 0 nitrogen and oxygen atoms in total. The Kier molecular flexibility index (Phi) is 3.20. The van der Waals surface area contributed by atoms with Crippen LogP contribution in [0.5, 0.6) is 0 Å². The highest BCUT2D eigenvalue weighted by molar-refractivity contribution is 9.09. The molecule has 1 aliphatic rings. The zero-order valence-electron chi connectivity index (χ0n) is 7.91. The molecule has 71 valence electrons. The van der Waals surface area contributed by atoms with E-state index in [1.807, 2.05) is 6.07 Å². The fourth-order valence-electron chi connectivity index (χ4n) is 1.76. The number of halogens is 1. The third-order valence-electron chi connectivity index (χ3n) is 2.46. The number of rotatable bonds is 3. The zero-order chi connectivity index (χ0) is 9.80. The van der Waals surface area contributed by atoms with E-state index in [2.05, 4.69) is 58.4 Å². The lowest BCUT2D eigenvalue weighted by Crippen LogP contribution is -1.90. The fourth-order valence-corrected chi connectivity index (χ4v) is 2.02. The number of allylic oxidation sites excluding steroid dienone is 3. The Hall–Kier alpha value is -0.820. The molecule has 0 amide bonds. The van der Waals surface area contributed by atoms with Crippen LogP contribution in [0.1, 0.15) is 23.5 Å². The number of hydrogen-bond acceptors (Lipinski definition) is 0. The minimum absolute atomic E-state index is 0.553. The Bertz CT molecular complexity index is 363. The summed E-state index contributed by atoms with van der Waals surface area (Å²) in [5, 5.41) is 0.942. The summed E-state index contributed by atoms with van der Waals surface area (Å²) in [6.07, 6.45) is 9.90. The van der Waals surface area contributed by atoms with E-state index < -0.39 is 0 Å². The lowest BCUT2D eigenvalue weighted by atomic mass is 9.98. The molecule has 1 aromatic carbocycles. The van der Waals surface area contributed by atoms with Gasteiger partial charge in [-0.05, 0) is 23.6 Å². The van der Waals surface area contributed by atoms with Crippen LogP contribution >= 0.6 is 15.9 Å². The largest absolute Gasteiger partial charge is 0.0883 e. The first kappa shape index (κ1) is 9.72. The molecule has 0 spiro atoms. The van der Waals surface area contributed by atoms with Crippen molar-refractivity contribution in [3.05, 3.63) is 53.6 Å². The maximum absolute atomic E-state index is 3.38. The normalized spacial score (nSPS) is 19.1. The van der Waals surface area contributed by atoms with Gasteiger partial charge < -0.3 is 0 Å². The van der Waals surface area contributed by atoms with Crippen LogP contribution in [0, 0.1) is 6.07 Å². The minimum Gasteiger partial charge on any atom is -0.0883 e. The van der Waals surface area contributed by atoms with Gasteiger partial charge >= 0.3 is 0 Å². The molecular weight excluding hydrogens is 236 g/mol. The first-order valence-electron chi connectivity index (χ1n) is 4.81. The van der Waals surface area contributed by atoms with Crippen LogP contribution in [0.25, 0.3) is 6.08 Å². The molecule has 0 bridgehead atoms. The van der Waals surface area contributed by atoms with Gasteiger partial charge in [-0.15, -0.1) is 0 Å². The van der Waals surface area contributed by atoms with Crippen molar-refractivity contribution in [3.8, 4) is 0 Å². The fraction of sp³-hybridized carbons (Fsp3) is 0.231. The molecule has 1 heteroatoms. The van der Waals surface area contributed by atoms with Gasteiger partial charge in [-0.25, -0.2) is 0 Å². The van der Waals surface area contributed by atoms with Crippen molar-refractivity contribution in [2.75, 3.05) is 5.33 Å². The molecule has 2 rings (SSSR count). The summed E-state index contributed by atoms with van der Waals surface area (Å²) in [6.45, 7) is 0. The third-order valence-corrected chi connectivity index (χ3v) is 2.84. The lowest BCUT2D eigenvalue weighted by Gasteiger charge is -2.06. The summed E-state index contributed by atoms with van der Waals surface area (Å²) in [4.78, 5) is 0. The van der Waals surface area contributed by atoms with Crippen LogP contribution in [-0.2, 0) is 0 Å². The molecule has 1 radical (unpaired) electrons. The van der Waals surface area contributed by atoms with Crippen LogP contribution in [-0.4, -0.2) is 5.33 Å². The SMILES string of the molecule is BrCC=CCC1C=Cc2[c]cccc21. The van der Waals surface area contributed by atoms with Gasteiger partial charge in [0.25, 0.3) is 0 Å². The summed E-state index contributed by atoms with van der Waals surface area (Å²) in [5.74, 6) is 0.553. The van der Waals surface area contributed by atoms with Gasteiger partial charge in [0.15, 0.2) is 0 Å². The highest BCUT2D eigenvalue weighted by atomic mass is 79.9. The molecule has 0 saturated heterocycles. The highest BCUT2D eigenvalue weighted by Crippen LogP contribution is 2.31. The molecule has 1 aromatic rings. The number of hydrogen-bond donors (Lipinski definition) is 0. The van der Waals surface area contributed by atoms with E-state index in [9.17, 15) is 0 Å². The smallest absolute Gasteiger partial charge is 0.0212 e. The summed E-state index contributed by atoms with van der Waals surface area (Å²) in [6, 6.07) is 9.48. The molecule has 14 heavy (non-hydrogen) atoms. The van der Waals surface area contributed by atoms with Gasteiger partial charge in [-0.2, -0.15) is 0 Å². The summed E-state index contributed by atoms with van der Waals surface area (Å²) < 4.78 is 0. The van der Waals surface area contributed by atoms with E-state index >= 15 is 0 Å². The zero-order valence-corrected chi connectivity index (χ0v) is 9.50. The summed E-state index contributed by atoms with van der Waals surface area (Å²) >= 11 is 3.38. The van der Waals surface area contributed by atoms with Crippen LogP contribution in [0.4, 0.5) is 0 Å². The van der Waals surface area contributed by atoms with Crippen molar-refractivity contribution in [1.82, 2.24) is 0 Å². The van der Waals surface area contributed by atoms with Crippen molar-refractivity contribution in [2.45, 2.75) is 12.3 Å². The molecule has 0 fully saturated rings. The van der Waals surface area contributed by atoms with Crippen LogP contribution in [0.15, 0.2) is 36.4 Å². The average Bonchev–Trinajstić information content (AvgIpc) is 2.63. The van der Waals surface area contributed by atoms with E-state index in [0.29, 0.717) is 5.92 Å². The van der Waals surface area contributed by atoms with Crippen molar-refractivity contribution >= 4 is 22.0 Å². The minimum atomic E-state index is 0.553. The standard InChI is InChI=1S/C13H12Br/c14-10-4-3-6-12-9-8-11-5-1-2-7-13(11)12/h1-4,7-9,12H,6,10H2. The molecule has 0 aliphatic heterocycles. The molecule has 1 unspecified atom stereocenters. The first-order chi connectivity index (χ1) is 6.92. The average molecular weight is 248 g/mol. The van der Waals surface area contributed by atoms with Crippen molar-refractivity contribution < 1.29 is 0 Å². The second-order valence-electron chi connectivity index (χ2n) is 3.37. The van der Waals surface area contributed by atoms with Gasteiger partial charge in [0.1, 0.15) is 0 Å². The Balaban J connectivity index is 2.11. The van der Waals surface area contributed by atoms with Crippen molar-refractivity contribution in [1.29, 1.82) is 0 Å². The van der Waals surface area contributed by atoms with E-state index in [4.69, 9.17) is 0 Å². The van der Waals surface area contributed by atoms with E-state index in [1.54, 1.807) is 0 Å². The van der Waals surface area contributed by atoms with Gasteiger partial charge in [0.2, 0.25) is 0 Å². The van der Waals surface area contributed by atoms with Crippen LogP contribution in [0.3, 0.4) is 0 Å². The highest BCUT2D eigenvalue weighted by Gasteiger charge is 2.14. The Morgan fingerprint density at radius 3 is 3.21 bits per heavy atom. The van der Waals surface area contributed by atoms with Gasteiger partial charge in [-0.3, -0.25) is 0 Å². The van der Waals surface area contributed by atoms with Gasteiger partial charge in [0.05, 0.1) is 0 Å². The summed E-state index contributed by atoms with van der Waals surface area (Å²) in [7, 11) is 0. The molecule has 0 aromatic heterocycles. The Morgan fingerprint density at radius 1 is 1.43 bits per heavy atom. The van der Waals surface area contributed by atoms with Crippen molar-refractivity contribution in [2.24, 2.45) is 0 Å². The van der Waals surface area contributed by atoms with E-state index in [-0.39, 0.29) is 0 Å². The number of alkyl halides is 1. The molecule has 0 heterocycles. The second kappa shape index (κ2) is 4.61. The maximum Gasteiger partial charge on any atom is 0.0212 e. The molecule has 0 N–H and O–H groups in total. The molecule has 1 atom stereocenters. The number of fused-ring (bicyclic) bond motifs is 1. The van der Waals surface area contributed by atoms with E-state index in [0.717, 1.165) is 11.8 Å². The monoisotopic (exact) mass is 247 g/mol. The maximum atomic E-state index is 3.38. The molecular formula is C13H12Br. The van der Waals surface area contributed by atoms with Crippen molar-refractivity contribution in [3.63, 3.8) is 0 Å². The predicted molar refractivity (Wildman–Crippen MR) is 64.6 cm³/mol. The van der Waals surface area contributed by atoms with Gasteiger partial charge in [0, 0.05) is 11.2 Å². The van der Waals surface area contributed by atoms with Gasteiger partial charge in [-0.1, -0.05) is 58.4 Å². The lowest BCUT2D eigenvalue weighted by molar-refractivity contribution is 0.878.